The van der Waals surface area contributed by atoms with Gasteiger partial charge >= 0.3 is 0 Å². The molecule has 32 heavy (non-hydrogen) atoms. The number of ether oxygens (including phenoxy) is 1. The second-order valence-electron chi connectivity index (χ2n) is 7.39. The summed E-state index contributed by atoms with van der Waals surface area (Å²) in [6.07, 6.45) is 0. The van der Waals surface area contributed by atoms with Crippen molar-refractivity contribution in [2.75, 3.05) is 36.9 Å². The first-order chi connectivity index (χ1) is 15.5. The number of morpholine rings is 1. The summed E-state index contributed by atoms with van der Waals surface area (Å²) in [5.74, 6) is -0.291. The van der Waals surface area contributed by atoms with Gasteiger partial charge in [0.2, 0.25) is 10.0 Å². The van der Waals surface area contributed by atoms with Gasteiger partial charge in [0.1, 0.15) is 6.04 Å². The Kier molecular flexibility index (Phi) is 6.84. The van der Waals surface area contributed by atoms with Gasteiger partial charge in [0.25, 0.3) is 5.91 Å². The topological polar surface area (TPSA) is 87.7 Å². The van der Waals surface area contributed by atoms with Gasteiger partial charge in [-0.25, -0.2) is 8.42 Å². The van der Waals surface area contributed by atoms with Crippen LogP contribution >= 0.6 is 0 Å². The number of amides is 1. The molecule has 1 saturated heterocycles. The molecule has 7 nitrogen and oxygen atoms in total. The van der Waals surface area contributed by atoms with Gasteiger partial charge < -0.3 is 15.4 Å². The van der Waals surface area contributed by atoms with Crippen molar-refractivity contribution in [2.24, 2.45) is 0 Å². The number of hydrogen-bond donors (Lipinski definition) is 2. The average molecular weight is 452 g/mol. The van der Waals surface area contributed by atoms with Crippen LogP contribution in [0.4, 0.5) is 11.4 Å². The molecule has 0 spiro atoms. The first-order valence-electron chi connectivity index (χ1n) is 10.4. The summed E-state index contributed by atoms with van der Waals surface area (Å²) in [6, 6.07) is 24.5. The normalized spacial score (nSPS) is 15.6. The van der Waals surface area contributed by atoms with E-state index in [1.54, 1.807) is 12.1 Å². The Morgan fingerprint density at radius 2 is 1.47 bits per heavy atom. The van der Waals surface area contributed by atoms with Gasteiger partial charge in [-0.15, -0.1) is 0 Å². The SMILES string of the molecule is O=C(Nc1cccc(S(=O)(=O)N2CCOCC2)c1)C(Nc1ccccc1)c1ccccc1. The molecular weight excluding hydrogens is 426 g/mol. The summed E-state index contributed by atoms with van der Waals surface area (Å²) in [7, 11) is -3.65. The summed E-state index contributed by atoms with van der Waals surface area (Å²) in [5, 5.41) is 6.13. The van der Waals surface area contributed by atoms with Crippen LogP contribution in [-0.4, -0.2) is 44.9 Å². The van der Waals surface area contributed by atoms with Crippen molar-refractivity contribution in [2.45, 2.75) is 10.9 Å². The van der Waals surface area contributed by atoms with E-state index < -0.39 is 16.1 Å². The molecule has 1 aliphatic rings. The molecule has 0 saturated carbocycles. The second kappa shape index (κ2) is 9.95. The minimum absolute atomic E-state index is 0.143. The molecule has 0 aromatic heterocycles. The number of hydrogen-bond acceptors (Lipinski definition) is 5. The van der Waals surface area contributed by atoms with Crippen molar-refractivity contribution >= 4 is 27.3 Å². The standard InChI is InChI=1S/C24H25N3O4S/c28-24(23(19-8-3-1-4-9-19)25-20-10-5-2-6-11-20)26-21-12-7-13-22(18-21)32(29,30)27-14-16-31-17-15-27/h1-13,18,23,25H,14-17H2,(H,26,28). The molecule has 0 radical (unpaired) electrons. The fourth-order valence-electron chi connectivity index (χ4n) is 3.53. The van der Waals surface area contributed by atoms with E-state index in [1.807, 2.05) is 60.7 Å². The fourth-order valence-corrected chi connectivity index (χ4v) is 4.99. The maximum atomic E-state index is 13.2. The number of benzene rings is 3. The third kappa shape index (κ3) is 5.16. The van der Waals surface area contributed by atoms with E-state index in [9.17, 15) is 13.2 Å². The molecule has 0 bridgehead atoms. The van der Waals surface area contributed by atoms with E-state index in [2.05, 4.69) is 10.6 Å². The second-order valence-corrected chi connectivity index (χ2v) is 9.33. The lowest BCUT2D eigenvalue weighted by Gasteiger charge is -2.26. The summed E-state index contributed by atoms with van der Waals surface area (Å²) in [5.41, 5.74) is 2.02. The number of carbonyl (C=O) groups is 1. The van der Waals surface area contributed by atoms with E-state index in [0.29, 0.717) is 32.0 Å². The highest BCUT2D eigenvalue weighted by Gasteiger charge is 2.27. The van der Waals surface area contributed by atoms with Crippen molar-refractivity contribution in [1.29, 1.82) is 0 Å². The zero-order valence-corrected chi connectivity index (χ0v) is 18.3. The molecular formula is C24H25N3O4S. The molecule has 3 aromatic rings. The number of nitrogens with zero attached hydrogens (tertiary/aromatic N) is 1. The van der Waals surface area contributed by atoms with Gasteiger partial charge in [-0.1, -0.05) is 54.6 Å². The van der Waals surface area contributed by atoms with Crippen molar-refractivity contribution < 1.29 is 17.9 Å². The number of anilines is 2. The lowest BCUT2D eigenvalue weighted by molar-refractivity contribution is -0.117. The van der Waals surface area contributed by atoms with Gasteiger partial charge in [0.05, 0.1) is 18.1 Å². The molecule has 3 aromatic carbocycles. The smallest absolute Gasteiger partial charge is 0.251 e. The highest BCUT2D eigenvalue weighted by Crippen LogP contribution is 2.24. The highest BCUT2D eigenvalue weighted by molar-refractivity contribution is 7.89. The van der Waals surface area contributed by atoms with Crippen molar-refractivity contribution in [3.63, 3.8) is 0 Å². The van der Waals surface area contributed by atoms with Crippen LogP contribution in [0.15, 0.2) is 89.8 Å². The number of rotatable bonds is 7. The summed E-state index contributed by atoms with van der Waals surface area (Å²) in [4.78, 5) is 13.4. The van der Waals surface area contributed by atoms with Gasteiger partial charge in [-0.05, 0) is 35.9 Å². The van der Waals surface area contributed by atoms with Crippen LogP contribution in [0.2, 0.25) is 0 Å². The van der Waals surface area contributed by atoms with Crippen LogP contribution < -0.4 is 10.6 Å². The summed E-state index contributed by atoms with van der Waals surface area (Å²) >= 11 is 0. The number of para-hydroxylation sites is 1. The Bertz CT molecular complexity index is 1150. The van der Waals surface area contributed by atoms with E-state index in [1.165, 1.54) is 16.4 Å². The lowest BCUT2D eigenvalue weighted by Crippen LogP contribution is -2.40. The van der Waals surface area contributed by atoms with Crippen LogP contribution in [0.5, 0.6) is 0 Å². The molecule has 4 rings (SSSR count). The Hall–Kier alpha value is -3.20. The van der Waals surface area contributed by atoms with Gasteiger partial charge in [-0.2, -0.15) is 4.31 Å². The molecule has 8 heteroatoms. The number of sulfonamides is 1. The molecule has 1 amide bonds. The van der Waals surface area contributed by atoms with Crippen molar-refractivity contribution in [1.82, 2.24) is 4.31 Å². The lowest BCUT2D eigenvalue weighted by atomic mass is 10.1. The van der Waals surface area contributed by atoms with Crippen LogP contribution in [-0.2, 0) is 19.6 Å². The van der Waals surface area contributed by atoms with Crippen LogP contribution in [0.1, 0.15) is 11.6 Å². The average Bonchev–Trinajstić information content (AvgIpc) is 2.84. The number of carbonyl (C=O) groups excluding carboxylic acids is 1. The first kappa shape index (κ1) is 22.0. The Morgan fingerprint density at radius 1 is 0.844 bits per heavy atom. The minimum Gasteiger partial charge on any atom is -0.379 e. The van der Waals surface area contributed by atoms with E-state index >= 15 is 0 Å². The zero-order valence-electron chi connectivity index (χ0n) is 17.5. The van der Waals surface area contributed by atoms with E-state index in [0.717, 1.165) is 11.3 Å². The molecule has 1 aliphatic heterocycles. The van der Waals surface area contributed by atoms with Gasteiger partial charge in [0, 0.05) is 24.5 Å². The summed E-state index contributed by atoms with van der Waals surface area (Å²) < 4.78 is 32.6. The van der Waals surface area contributed by atoms with Gasteiger partial charge in [-0.3, -0.25) is 4.79 Å². The van der Waals surface area contributed by atoms with Crippen LogP contribution in [0.3, 0.4) is 0 Å². The Labute approximate surface area is 188 Å². The number of nitrogens with one attached hydrogen (secondary N) is 2. The largest absolute Gasteiger partial charge is 0.379 e. The predicted molar refractivity (Wildman–Crippen MR) is 124 cm³/mol. The van der Waals surface area contributed by atoms with Crippen molar-refractivity contribution in [3.8, 4) is 0 Å². The Balaban J connectivity index is 1.56. The molecule has 1 atom stereocenters. The summed E-state index contributed by atoms with van der Waals surface area (Å²) in [6.45, 7) is 1.38. The molecule has 166 valence electrons. The molecule has 1 heterocycles. The molecule has 0 aliphatic carbocycles. The zero-order chi connectivity index (χ0) is 22.4. The quantitative estimate of drug-likeness (QED) is 0.574. The predicted octanol–water partition coefficient (Wildman–Crippen LogP) is 3.50. The highest BCUT2D eigenvalue weighted by atomic mass is 32.2. The Morgan fingerprint density at radius 3 is 2.16 bits per heavy atom. The monoisotopic (exact) mass is 451 g/mol. The molecule has 1 unspecified atom stereocenters. The molecule has 1 fully saturated rings. The van der Waals surface area contributed by atoms with E-state index in [-0.39, 0.29) is 10.8 Å². The first-order valence-corrected chi connectivity index (χ1v) is 11.8. The van der Waals surface area contributed by atoms with Crippen molar-refractivity contribution in [3.05, 3.63) is 90.5 Å². The van der Waals surface area contributed by atoms with Crippen LogP contribution in [0, 0.1) is 0 Å². The van der Waals surface area contributed by atoms with E-state index in [4.69, 9.17) is 4.74 Å². The minimum atomic E-state index is -3.65. The van der Waals surface area contributed by atoms with Gasteiger partial charge in [0.15, 0.2) is 0 Å². The maximum absolute atomic E-state index is 13.2. The van der Waals surface area contributed by atoms with Crippen LogP contribution in [0.25, 0.3) is 0 Å². The third-order valence-corrected chi connectivity index (χ3v) is 7.08. The maximum Gasteiger partial charge on any atom is 0.251 e. The third-order valence-electron chi connectivity index (χ3n) is 5.19. The fraction of sp³-hybridized carbons (Fsp3) is 0.208. The molecule has 2 N–H and O–H groups in total.